The first kappa shape index (κ1) is 22.7. The zero-order valence-electron chi connectivity index (χ0n) is 18.1. The molecule has 1 heterocycles. The van der Waals surface area contributed by atoms with E-state index in [1.165, 1.54) is 5.56 Å². The van der Waals surface area contributed by atoms with Crippen LogP contribution in [-0.4, -0.2) is 53.6 Å². The van der Waals surface area contributed by atoms with Gasteiger partial charge in [0.25, 0.3) is 0 Å². The van der Waals surface area contributed by atoms with E-state index in [-0.39, 0.29) is 0 Å². The van der Waals surface area contributed by atoms with E-state index in [0.717, 1.165) is 62.5 Å². The second kappa shape index (κ2) is 12.8. The smallest absolute Gasteiger partial charge is 0.191 e. The molecule has 0 radical (unpaired) electrons. The minimum Gasteiger partial charge on any atom is -0.494 e. The van der Waals surface area contributed by atoms with Gasteiger partial charge in [-0.25, -0.2) is 4.99 Å². The third kappa shape index (κ3) is 8.11. The molecule has 0 atom stereocenters. The van der Waals surface area contributed by atoms with E-state index >= 15 is 0 Å². The van der Waals surface area contributed by atoms with Gasteiger partial charge in [-0.15, -0.1) is 10.2 Å². The van der Waals surface area contributed by atoms with Crippen LogP contribution in [0.1, 0.15) is 37.5 Å². The quantitative estimate of drug-likeness (QED) is 0.322. The van der Waals surface area contributed by atoms with Crippen molar-refractivity contribution in [2.24, 2.45) is 12.0 Å². The molecule has 0 saturated carbocycles. The fourth-order valence-corrected chi connectivity index (χ4v) is 2.72. The van der Waals surface area contributed by atoms with Crippen LogP contribution in [0.5, 0.6) is 5.75 Å². The van der Waals surface area contributed by atoms with E-state index < -0.39 is 0 Å². The van der Waals surface area contributed by atoms with E-state index in [4.69, 9.17) is 9.47 Å². The Morgan fingerprint density at radius 2 is 1.97 bits per heavy atom. The summed E-state index contributed by atoms with van der Waals surface area (Å²) >= 11 is 0. The first-order chi connectivity index (χ1) is 14.1. The van der Waals surface area contributed by atoms with Gasteiger partial charge in [-0.1, -0.05) is 12.1 Å². The van der Waals surface area contributed by atoms with E-state index in [1.54, 1.807) is 0 Å². The summed E-state index contributed by atoms with van der Waals surface area (Å²) in [5.41, 5.74) is 1.23. The van der Waals surface area contributed by atoms with Gasteiger partial charge in [0.1, 0.15) is 18.1 Å². The number of aliphatic imine (C=N–C) groups is 1. The lowest BCUT2D eigenvalue weighted by atomic mass is 10.1. The highest BCUT2D eigenvalue weighted by molar-refractivity contribution is 5.79. The Morgan fingerprint density at radius 1 is 1.14 bits per heavy atom. The summed E-state index contributed by atoms with van der Waals surface area (Å²) in [6, 6.07) is 8.20. The van der Waals surface area contributed by atoms with Crippen LogP contribution >= 0.6 is 0 Å². The van der Waals surface area contributed by atoms with E-state index in [2.05, 4.69) is 38.0 Å². The molecule has 0 unspecified atom stereocenters. The molecule has 1 aromatic heterocycles. The van der Waals surface area contributed by atoms with Gasteiger partial charge in [0.15, 0.2) is 11.8 Å². The minimum absolute atomic E-state index is 0.470. The van der Waals surface area contributed by atoms with Gasteiger partial charge in [0.2, 0.25) is 0 Å². The van der Waals surface area contributed by atoms with Crippen molar-refractivity contribution < 1.29 is 9.47 Å². The molecular formula is C21H34N6O2. The van der Waals surface area contributed by atoms with E-state index in [9.17, 15) is 0 Å². The lowest BCUT2D eigenvalue weighted by Gasteiger charge is -2.13. The van der Waals surface area contributed by atoms with Crippen LogP contribution in [-0.2, 0) is 24.8 Å². The number of hydrogen-bond donors (Lipinski definition) is 2. The highest BCUT2D eigenvalue weighted by Crippen LogP contribution is 2.13. The van der Waals surface area contributed by atoms with Crippen molar-refractivity contribution in [3.05, 3.63) is 41.5 Å². The molecule has 0 saturated heterocycles. The molecule has 0 bridgehead atoms. The van der Waals surface area contributed by atoms with Gasteiger partial charge in [0, 0.05) is 33.4 Å². The summed E-state index contributed by atoms with van der Waals surface area (Å²) in [6.45, 7) is 10.1. The van der Waals surface area contributed by atoms with E-state index in [1.807, 2.05) is 44.5 Å². The van der Waals surface area contributed by atoms with Crippen LogP contribution in [0.15, 0.2) is 29.3 Å². The minimum atomic E-state index is 0.470. The largest absolute Gasteiger partial charge is 0.494 e. The Hall–Kier alpha value is -2.61. The fourth-order valence-electron chi connectivity index (χ4n) is 2.72. The number of nitrogens with one attached hydrogen (secondary N) is 2. The van der Waals surface area contributed by atoms with E-state index in [0.29, 0.717) is 13.2 Å². The van der Waals surface area contributed by atoms with Crippen molar-refractivity contribution in [2.75, 3.05) is 32.9 Å². The highest BCUT2D eigenvalue weighted by atomic mass is 16.5. The Balaban J connectivity index is 1.90. The number of benzene rings is 1. The van der Waals surface area contributed by atoms with Gasteiger partial charge in [-0.2, -0.15) is 0 Å². The van der Waals surface area contributed by atoms with Gasteiger partial charge in [0.05, 0.1) is 6.61 Å². The Kier molecular flexibility index (Phi) is 9.99. The maximum Gasteiger partial charge on any atom is 0.191 e. The standard InChI is InChI=1S/C21H34N6O2/c1-5-28-14-8-12-22-21(24-16-20-26-25-17(3)27(20)4)23-13-11-18-9-7-10-19(15-18)29-6-2/h7,9-10,15H,5-6,8,11-14,16H2,1-4H3,(H2,22,23,24). The maximum absolute atomic E-state index is 5.58. The summed E-state index contributed by atoms with van der Waals surface area (Å²) in [7, 11) is 1.95. The van der Waals surface area contributed by atoms with Gasteiger partial charge in [-0.05, 0) is 51.3 Å². The number of aromatic nitrogens is 3. The molecule has 0 aliphatic heterocycles. The van der Waals surface area contributed by atoms with Crippen LogP contribution in [0.25, 0.3) is 0 Å². The molecule has 2 N–H and O–H groups in total. The molecule has 160 valence electrons. The first-order valence-electron chi connectivity index (χ1n) is 10.3. The van der Waals surface area contributed by atoms with Crippen LogP contribution in [0.3, 0.4) is 0 Å². The Morgan fingerprint density at radius 3 is 2.69 bits per heavy atom. The van der Waals surface area contributed by atoms with Gasteiger partial charge >= 0.3 is 0 Å². The first-order valence-corrected chi connectivity index (χ1v) is 10.3. The SMILES string of the molecule is CCOCCCNC(=NCc1nnc(C)n1C)NCCc1cccc(OCC)c1. The van der Waals surface area contributed by atoms with Crippen LogP contribution in [0, 0.1) is 6.92 Å². The van der Waals surface area contributed by atoms with Gasteiger partial charge in [-0.3, -0.25) is 0 Å². The number of ether oxygens (including phenoxy) is 2. The van der Waals surface area contributed by atoms with Crippen molar-refractivity contribution in [1.82, 2.24) is 25.4 Å². The second-order valence-electron chi connectivity index (χ2n) is 6.62. The Bertz CT molecular complexity index is 759. The molecule has 0 aliphatic rings. The summed E-state index contributed by atoms with van der Waals surface area (Å²) in [6.07, 6.45) is 1.80. The molecule has 29 heavy (non-hydrogen) atoms. The number of hydrogen-bond acceptors (Lipinski definition) is 5. The molecule has 2 aromatic rings. The summed E-state index contributed by atoms with van der Waals surface area (Å²) in [4.78, 5) is 4.67. The topological polar surface area (TPSA) is 85.6 Å². The zero-order chi connectivity index (χ0) is 20.9. The van der Waals surface area contributed by atoms with Gasteiger partial charge < -0.3 is 24.7 Å². The molecule has 8 heteroatoms. The second-order valence-corrected chi connectivity index (χ2v) is 6.62. The van der Waals surface area contributed by atoms with Crippen molar-refractivity contribution >= 4 is 5.96 Å². The monoisotopic (exact) mass is 402 g/mol. The fraction of sp³-hybridized carbons (Fsp3) is 0.571. The zero-order valence-corrected chi connectivity index (χ0v) is 18.1. The van der Waals surface area contributed by atoms with Crippen molar-refractivity contribution in [1.29, 1.82) is 0 Å². The number of rotatable bonds is 12. The molecule has 0 spiro atoms. The maximum atomic E-state index is 5.58. The summed E-state index contributed by atoms with van der Waals surface area (Å²) < 4.78 is 12.9. The molecule has 1 aromatic carbocycles. The summed E-state index contributed by atoms with van der Waals surface area (Å²) in [5.74, 6) is 3.39. The molecule has 0 amide bonds. The summed E-state index contributed by atoms with van der Waals surface area (Å²) in [5, 5.41) is 15.0. The predicted molar refractivity (Wildman–Crippen MR) is 115 cm³/mol. The van der Waals surface area contributed by atoms with Crippen LogP contribution in [0.2, 0.25) is 0 Å². The number of nitrogens with zero attached hydrogens (tertiary/aromatic N) is 4. The lowest BCUT2D eigenvalue weighted by molar-refractivity contribution is 0.145. The molecule has 8 nitrogen and oxygen atoms in total. The average Bonchev–Trinajstić information content (AvgIpc) is 3.04. The third-order valence-corrected chi connectivity index (χ3v) is 4.44. The predicted octanol–water partition coefficient (Wildman–Crippen LogP) is 2.23. The van der Waals surface area contributed by atoms with Crippen LogP contribution < -0.4 is 15.4 Å². The molecule has 0 fully saturated rings. The molecular weight excluding hydrogens is 368 g/mol. The van der Waals surface area contributed by atoms with Crippen molar-refractivity contribution in [3.63, 3.8) is 0 Å². The van der Waals surface area contributed by atoms with Crippen molar-refractivity contribution in [3.8, 4) is 5.75 Å². The number of guanidine groups is 1. The normalized spacial score (nSPS) is 11.5. The highest BCUT2D eigenvalue weighted by Gasteiger charge is 2.05. The molecule has 0 aliphatic carbocycles. The number of aryl methyl sites for hydroxylation is 1. The average molecular weight is 403 g/mol. The Labute approximate surface area is 173 Å². The van der Waals surface area contributed by atoms with Crippen molar-refractivity contribution in [2.45, 2.75) is 40.2 Å². The van der Waals surface area contributed by atoms with Crippen LogP contribution in [0.4, 0.5) is 0 Å². The third-order valence-electron chi connectivity index (χ3n) is 4.44. The lowest BCUT2D eigenvalue weighted by Crippen LogP contribution is -2.39. The molecule has 2 rings (SSSR count).